The number of carbonyl (C=O) groups is 2. The number of rotatable bonds is 7. The van der Waals surface area contributed by atoms with Crippen LogP contribution in [0, 0.1) is 17.8 Å². The van der Waals surface area contributed by atoms with Gasteiger partial charge in [0, 0.05) is 13.0 Å². The van der Waals surface area contributed by atoms with Crippen molar-refractivity contribution in [3.63, 3.8) is 0 Å². The topological polar surface area (TPSA) is 37.4 Å². The van der Waals surface area contributed by atoms with E-state index >= 15 is 0 Å². The molecule has 0 aliphatic carbocycles. The second-order valence-corrected chi connectivity index (χ2v) is 5.41. The van der Waals surface area contributed by atoms with Crippen molar-refractivity contribution in [1.82, 2.24) is 4.90 Å². The first-order chi connectivity index (χ1) is 8.58. The Hall–Kier alpha value is -0.860. The molecule has 1 rings (SSSR count). The molecule has 18 heavy (non-hydrogen) atoms. The maximum atomic E-state index is 12.3. The highest BCUT2D eigenvalue weighted by atomic mass is 16.2. The van der Waals surface area contributed by atoms with Crippen LogP contribution in [-0.2, 0) is 9.59 Å². The van der Waals surface area contributed by atoms with E-state index in [-0.39, 0.29) is 17.7 Å². The molecule has 3 nitrogen and oxygen atoms in total. The molecule has 0 N–H and O–H groups in total. The molecule has 1 atom stereocenters. The Morgan fingerprint density at radius 1 is 1.06 bits per heavy atom. The van der Waals surface area contributed by atoms with Crippen LogP contribution in [0.3, 0.4) is 0 Å². The summed E-state index contributed by atoms with van der Waals surface area (Å²) in [6.45, 7) is 9.08. The second-order valence-electron chi connectivity index (χ2n) is 5.41. The molecule has 1 saturated heterocycles. The van der Waals surface area contributed by atoms with Crippen molar-refractivity contribution in [2.24, 2.45) is 17.8 Å². The molecule has 1 fully saturated rings. The van der Waals surface area contributed by atoms with Gasteiger partial charge in [0.15, 0.2) is 0 Å². The molecule has 0 bridgehead atoms. The standard InChI is InChI=1S/C15H27NO2/c1-5-11(6-2)10-16-14(17)9-13(15(16)18)12(7-3)8-4/h11-13H,5-10H2,1-4H3. The molecule has 104 valence electrons. The first kappa shape index (κ1) is 15.2. The molecule has 1 aliphatic rings. The van der Waals surface area contributed by atoms with Crippen LogP contribution < -0.4 is 0 Å². The smallest absolute Gasteiger partial charge is 0.233 e. The molecule has 0 spiro atoms. The van der Waals surface area contributed by atoms with E-state index < -0.39 is 0 Å². The van der Waals surface area contributed by atoms with Gasteiger partial charge in [-0.2, -0.15) is 0 Å². The zero-order valence-corrected chi connectivity index (χ0v) is 12.2. The van der Waals surface area contributed by atoms with Crippen molar-refractivity contribution >= 4 is 11.8 Å². The van der Waals surface area contributed by atoms with Gasteiger partial charge in [0.2, 0.25) is 11.8 Å². The van der Waals surface area contributed by atoms with Crippen molar-refractivity contribution in [2.45, 2.75) is 59.8 Å². The lowest BCUT2D eigenvalue weighted by molar-refractivity contribution is -0.140. The van der Waals surface area contributed by atoms with Crippen LogP contribution in [0.25, 0.3) is 0 Å². The van der Waals surface area contributed by atoms with Crippen LogP contribution in [-0.4, -0.2) is 23.3 Å². The lowest BCUT2D eigenvalue weighted by atomic mass is 9.87. The minimum atomic E-state index is -0.0538. The van der Waals surface area contributed by atoms with E-state index in [9.17, 15) is 9.59 Å². The number of hydrogen-bond acceptors (Lipinski definition) is 2. The second kappa shape index (κ2) is 6.91. The van der Waals surface area contributed by atoms with Gasteiger partial charge >= 0.3 is 0 Å². The van der Waals surface area contributed by atoms with E-state index in [1.165, 1.54) is 4.90 Å². The predicted octanol–water partition coefficient (Wildman–Crippen LogP) is 3.23. The highest BCUT2D eigenvalue weighted by Gasteiger charge is 2.41. The molecular weight excluding hydrogens is 226 g/mol. The Labute approximate surface area is 111 Å². The minimum absolute atomic E-state index is 0.0452. The number of imide groups is 1. The maximum absolute atomic E-state index is 12.3. The van der Waals surface area contributed by atoms with Crippen LogP contribution in [0.5, 0.6) is 0 Å². The molecule has 0 aromatic heterocycles. The van der Waals surface area contributed by atoms with Crippen LogP contribution in [0.4, 0.5) is 0 Å². The normalized spacial score (nSPS) is 20.6. The molecule has 1 unspecified atom stereocenters. The third-order valence-corrected chi connectivity index (χ3v) is 4.49. The van der Waals surface area contributed by atoms with E-state index in [2.05, 4.69) is 27.7 Å². The number of hydrogen-bond donors (Lipinski definition) is 0. The number of carbonyl (C=O) groups excluding carboxylic acids is 2. The van der Waals surface area contributed by atoms with Crippen molar-refractivity contribution in [3.8, 4) is 0 Å². The van der Waals surface area contributed by atoms with Gasteiger partial charge in [0.25, 0.3) is 0 Å². The largest absolute Gasteiger partial charge is 0.282 e. The zero-order valence-electron chi connectivity index (χ0n) is 12.2. The van der Waals surface area contributed by atoms with E-state index in [0.29, 0.717) is 24.8 Å². The fraction of sp³-hybridized carbons (Fsp3) is 0.867. The minimum Gasteiger partial charge on any atom is -0.282 e. The van der Waals surface area contributed by atoms with E-state index in [1.54, 1.807) is 0 Å². The monoisotopic (exact) mass is 253 g/mol. The number of nitrogens with zero attached hydrogens (tertiary/aromatic N) is 1. The Kier molecular flexibility index (Phi) is 5.83. The summed E-state index contributed by atoms with van der Waals surface area (Å²) in [5, 5.41) is 0. The molecule has 2 amide bonds. The van der Waals surface area contributed by atoms with Crippen LogP contribution >= 0.6 is 0 Å². The first-order valence-electron chi connectivity index (χ1n) is 7.43. The molecule has 0 aromatic carbocycles. The highest BCUT2D eigenvalue weighted by Crippen LogP contribution is 2.31. The van der Waals surface area contributed by atoms with Crippen molar-refractivity contribution < 1.29 is 9.59 Å². The first-order valence-corrected chi connectivity index (χ1v) is 7.43. The lowest BCUT2D eigenvalue weighted by Crippen LogP contribution is -2.36. The molecular formula is C15H27NO2. The molecule has 0 aromatic rings. The average molecular weight is 253 g/mol. The fourth-order valence-corrected chi connectivity index (χ4v) is 2.93. The predicted molar refractivity (Wildman–Crippen MR) is 73.0 cm³/mol. The summed E-state index contributed by atoms with van der Waals surface area (Å²) in [5.41, 5.74) is 0. The lowest BCUT2D eigenvalue weighted by Gasteiger charge is -2.22. The SMILES string of the molecule is CCC(CC)CN1C(=O)CC(C(CC)CC)C1=O. The summed E-state index contributed by atoms with van der Waals surface area (Å²) in [5.74, 6) is 0.901. The van der Waals surface area contributed by atoms with Gasteiger partial charge in [0.05, 0.1) is 5.92 Å². The van der Waals surface area contributed by atoms with Gasteiger partial charge in [-0.1, -0.05) is 53.4 Å². The highest BCUT2D eigenvalue weighted by molar-refractivity contribution is 6.03. The van der Waals surface area contributed by atoms with Gasteiger partial charge in [-0.3, -0.25) is 14.5 Å². The van der Waals surface area contributed by atoms with E-state index in [0.717, 1.165) is 25.7 Å². The Bertz CT molecular complexity index is 293. The summed E-state index contributed by atoms with van der Waals surface area (Å²) in [4.78, 5) is 25.9. The molecule has 1 aliphatic heterocycles. The summed E-state index contributed by atoms with van der Waals surface area (Å²) in [6.07, 6.45) is 4.47. The van der Waals surface area contributed by atoms with Gasteiger partial charge in [0.1, 0.15) is 0 Å². The Morgan fingerprint density at radius 2 is 1.61 bits per heavy atom. The van der Waals surface area contributed by atoms with Gasteiger partial charge in [-0.05, 0) is 11.8 Å². The Balaban J connectivity index is 2.72. The van der Waals surface area contributed by atoms with Crippen LogP contribution in [0.2, 0.25) is 0 Å². The third-order valence-electron chi connectivity index (χ3n) is 4.49. The third kappa shape index (κ3) is 3.12. The van der Waals surface area contributed by atoms with Crippen molar-refractivity contribution in [1.29, 1.82) is 0 Å². The molecule has 0 radical (unpaired) electrons. The molecule has 0 saturated carbocycles. The maximum Gasteiger partial charge on any atom is 0.233 e. The molecule has 3 heteroatoms. The summed E-state index contributed by atoms with van der Waals surface area (Å²) in [6, 6.07) is 0. The summed E-state index contributed by atoms with van der Waals surface area (Å²) < 4.78 is 0. The van der Waals surface area contributed by atoms with Gasteiger partial charge < -0.3 is 0 Å². The summed E-state index contributed by atoms with van der Waals surface area (Å²) >= 11 is 0. The number of likely N-dealkylation sites (tertiary alicyclic amines) is 1. The van der Waals surface area contributed by atoms with E-state index in [4.69, 9.17) is 0 Å². The zero-order chi connectivity index (χ0) is 13.7. The van der Waals surface area contributed by atoms with Crippen molar-refractivity contribution in [3.05, 3.63) is 0 Å². The van der Waals surface area contributed by atoms with Crippen molar-refractivity contribution in [2.75, 3.05) is 6.54 Å². The van der Waals surface area contributed by atoms with Crippen LogP contribution in [0.15, 0.2) is 0 Å². The number of amides is 2. The van der Waals surface area contributed by atoms with E-state index in [1.807, 2.05) is 0 Å². The quantitative estimate of drug-likeness (QED) is 0.653. The fourth-order valence-electron chi connectivity index (χ4n) is 2.93. The Morgan fingerprint density at radius 3 is 2.06 bits per heavy atom. The van der Waals surface area contributed by atoms with Gasteiger partial charge in [-0.25, -0.2) is 0 Å². The van der Waals surface area contributed by atoms with Crippen LogP contribution in [0.1, 0.15) is 59.8 Å². The van der Waals surface area contributed by atoms with Gasteiger partial charge in [-0.15, -0.1) is 0 Å². The molecule has 1 heterocycles. The summed E-state index contributed by atoms with van der Waals surface area (Å²) in [7, 11) is 0. The average Bonchev–Trinajstić information content (AvgIpc) is 2.65.